The monoisotopic (exact) mass is 435 g/mol. The van der Waals surface area contributed by atoms with Gasteiger partial charge in [-0.25, -0.2) is 9.59 Å². The molecular weight excluding hydrogens is 398 g/mol. The summed E-state index contributed by atoms with van der Waals surface area (Å²) in [6.45, 7) is 7.50. The molecule has 0 radical (unpaired) electrons. The number of nitrogens with zero attached hydrogens (tertiary/aromatic N) is 3. The maximum absolute atomic E-state index is 12.4. The van der Waals surface area contributed by atoms with Crippen molar-refractivity contribution < 1.29 is 23.8 Å². The molecule has 3 aliphatic heterocycles. The predicted octanol–water partition coefficient (Wildman–Crippen LogP) is 2.88. The van der Waals surface area contributed by atoms with Crippen molar-refractivity contribution in [2.45, 2.75) is 57.5 Å². The highest BCUT2D eigenvalue weighted by atomic mass is 16.6. The molecule has 1 spiro atoms. The van der Waals surface area contributed by atoms with Crippen LogP contribution in [0.1, 0.15) is 45.4 Å². The number of carbonyl (C=O) groups excluding carboxylic acids is 2. The van der Waals surface area contributed by atoms with Crippen molar-refractivity contribution in [1.29, 1.82) is 0 Å². The van der Waals surface area contributed by atoms with E-state index in [1.54, 1.807) is 7.11 Å². The summed E-state index contributed by atoms with van der Waals surface area (Å²) in [5.74, 6) is 0. The summed E-state index contributed by atoms with van der Waals surface area (Å²) in [7, 11) is 1.61. The fraction of sp³-hybridized carbons (Fsp3) is 0.826. The molecule has 8 heteroatoms. The molecule has 0 unspecified atom stereocenters. The molecule has 3 fully saturated rings. The third-order valence-electron chi connectivity index (χ3n) is 7.52. The lowest BCUT2D eigenvalue weighted by atomic mass is 9.64. The number of likely N-dealkylation sites (tertiary alicyclic amines) is 2. The van der Waals surface area contributed by atoms with Gasteiger partial charge in [-0.3, -0.25) is 4.90 Å². The van der Waals surface area contributed by atoms with E-state index in [1.165, 1.54) is 18.4 Å². The van der Waals surface area contributed by atoms with E-state index < -0.39 is 0 Å². The second kappa shape index (κ2) is 9.77. The number of hydrogen-bond acceptors (Lipinski definition) is 6. The van der Waals surface area contributed by atoms with Crippen LogP contribution in [0.25, 0.3) is 0 Å². The Morgan fingerprint density at radius 2 is 1.97 bits per heavy atom. The normalized spacial score (nSPS) is 31.0. The summed E-state index contributed by atoms with van der Waals surface area (Å²) in [6, 6.07) is 0.802. The summed E-state index contributed by atoms with van der Waals surface area (Å²) >= 11 is 0. The molecule has 1 aliphatic carbocycles. The van der Waals surface area contributed by atoms with Crippen molar-refractivity contribution in [2.75, 3.05) is 59.7 Å². The molecule has 31 heavy (non-hydrogen) atoms. The van der Waals surface area contributed by atoms with Gasteiger partial charge in [0.05, 0.1) is 19.3 Å². The average molecular weight is 436 g/mol. The van der Waals surface area contributed by atoms with Crippen molar-refractivity contribution >= 4 is 12.2 Å². The largest absolute Gasteiger partial charge is 0.450 e. The number of ether oxygens (including phenoxy) is 3. The maximum atomic E-state index is 12.4. The molecule has 3 heterocycles. The minimum Gasteiger partial charge on any atom is -0.450 e. The molecule has 4 rings (SSSR count). The van der Waals surface area contributed by atoms with Gasteiger partial charge >= 0.3 is 12.2 Å². The zero-order valence-electron chi connectivity index (χ0n) is 19.0. The Morgan fingerprint density at radius 3 is 2.68 bits per heavy atom. The van der Waals surface area contributed by atoms with Crippen LogP contribution in [0.5, 0.6) is 0 Å². The first-order valence-electron chi connectivity index (χ1n) is 11.8. The van der Waals surface area contributed by atoms with Gasteiger partial charge in [-0.05, 0) is 56.4 Å². The quantitative estimate of drug-likeness (QED) is 0.472. The van der Waals surface area contributed by atoms with Crippen LogP contribution >= 0.6 is 0 Å². The standard InChI is InChI=1S/C23H37N3O5/c1-3-30-21(27)25-12-8-23(17-25)15-19(16-23)24-10-6-18(7-11-24)20-5-4-9-26(20)22(28)31-14-13-29-2/h6,19-20H,3-5,7-17H2,1-2H3/t19?,20-,23?/m0/s1. The number of carbonyl (C=O) groups is 2. The topological polar surface area (TPSA) is 71.6 Å². The first-order chi connectivity index (χ1) is 15.0. The Bertz CT molecular complexity index is 691. The molecule has 1 saturated carbocycles. The molecule has 0 N–H and O–H groups in total. The number of hydrogen-bond donors (Lipinski definition) is 0. The predicted molar refractivity (Wildman–Crippen MR) is 116 cm³/mol. The molecule has 0 aromatic carbocycles. The molecule has 0 aromatic rings. The van der Waals surface area contributed by atoms with E-state index in [1.807, 2.05) is 16.7 Å². The SMILES string of the molecule is CCOC(=O)N1CCC2(CC(N3CC=C([C@@H]4CCCN4C(=O)OCCOC)CC3)C2)C1. The minimum atomic E-state index is -0.212. The van der Waals surface area contributed by atoms with E-state index in [2.05, 4.69) is 11.0 Å². The molecule has 2 amide bonds. The van der Waals surface area contributed by atoms with Gasteiger partial charge in [0.15, 0.2) is 0 Å². The number of amides is 2. The smallest absolute Gasteiger partial charge is 0.410 e. The molecule has 2 saturated heterocycles. The van der Waals surface area contributed by atoms with Gasteiger partial charge in [0, 0.05) is 45.9 Å². The van der Waals surface area contributed by atoms with Gasteiger partial charge in [-0.1, -0.05) is 6.08 Å². The number of rotatable bonds is 6. The fourth-order valence-corrected chi connectivity index (χ4v) is 5.84. The first-order valence-corrected chi connectivity index (χ1v) is 11.8. The lowest BCUT2D eigenvalue weighted by Gasteiger charge is -2.51. The van der Waals surface area contributed by atoms with Crippen LogP contribution in [0.2, 0.25) is 0 Å². The highest BCUT2D eigenvalue weighted by Crippen LogP contribution is 2.50. The zero-order chi connectivity index (χ0) is 21.8. The van der Waals surface area contributed by atoms with Gasteiger partial charge in [0.1, 0.15) is 6.61 Å². The van der Waals surface area contributed by atoms with E-state index >= 15 is 0 Å². The Balaban J connectivity index is 1.25. The van der Waals surface area contributed by atoms with Crippen LogP contribution in [0.3, 0.4) is 0 Å². The molecule has 0 aromatic heterocycles. The Kier molecular flexibility index (Phi) is 7.06. The van der Waals surface area contributed by atoms with E-state index in [-0.39, 0.29) is 18.2 Å². The molecular formula is C23H37N3O5. The maximum Gasteiger partial charge on any atom is 0.410 e. The van der Waals surface area contributed by atoms with E-state index in [0.29, 0.717) is 31.3 Å². The van der Waals surface area contributed by atoms with E-state index in [9.17, 15) is 9.59 Å². The van der Waals surface area contributed by atoms with Gasteiger partial charge in [-0.2, -0.15) is 0 Å². The van der Waals surface area contributed by atoms with Gasteiger partial charge in [0.2, 0.25) is 0 Å². The van der Waals surface area contributed by atoms with Crippen molar-refractivity contribution in [2.24, 2.45) is 5.41 Å². The summed E-state index contributed by atoms with van der Waals surface area (Å²) in [4.78, 5) is 30.8. The molecule has 4 aliphatic rings. The van der Waals surface area contributed by atoms with Crippen molar-refractivity contribution in [3.8, 4) is 0 Å². The van der Waals surface area contributed by atoms with Crippen LogP contribution in [-0.4, -0.2) is 98.6 Å². The van der Waals surface area contributed by atoms with Crippen molar-refractivity contribution in [3.63, 3.8) is 0 Å². The van der Waals surface area contributed by atoms with Crippen molar-refractivity contribution in [1.82, 2.24) is 14.7 Å². The van der Waals surface area contributed by atoms with Crippen LogP contribution < -0.4 is 0 Å². The Labute approximate surface area is 185 Å². The van der Waals surface area contributed by atoms with Gasteiger partial charge in [0.25, 0.3) is 0 Å². The summed E-state index contributed by atoms with van der Waals surface area (Å²) in [5.41, 5.74) is 1.69. The second-order valence-electron chi connectivity index (χ2n) is 9.42. The van der Waals surface area contributed by atoms with Crippen molar-refractivity contribution in [3.05, 3.63) is 11.6 Å². The van der Waals surface area contributed by atoms with E-state index in [0.717, 1.165) is 58.4 Å². The average Bonchev–Trinajstić information content (AvgIpc) is 3.41. The third kappa shape index (κ3) is 4.85. The van der Waals surface area contributed by atoms with E-state index in [4.69, 9.17) is 14.2 Å². The minimum absolute atomic E-state index is 0.157. The molecule has 8 nitrogen and oxygen atoms in total. The Hall–Kier alpha value is -1.80. The van der Waals surface area contributed by atoms with Crippen LogP contribution in [0.15, 0.2) is 11.6 Å². The summed E-state index contributed by atoms with van der Waals surface area (Å²) in [5, 5.41) is 0. The zero-order valence-corrected chi connectivity index (χ0v) is 19.0. The highest BCUT2D eigenvalue weighted by Gasteiger charge is 2.51. The van der Waals surface area contributed by atoms with Gasteiger partial charge < -0.3 is 24.0 Å². The Morgan fingerprint density at radius 1 is 1.13 bits per heavy atom. The lowest BCUT2D eigenvalue weighted by molar-refractivity contribution is 0.00954. The second-order valence-corrected chi connectivity index (χ2v) is 9.42. The molecule has 1 atom stereocenters. The number of methoxy groups -OCH3 is 1. The van der Waals surface area contributed by atoms with Crippen LogP contribution in [0.4, 0.5) is 9.59 Å². The first kappa shape index (κ1) is 22.4. The fourth-order valence-electron chi connectivity index (χ4n) is 5.84. The van der Waals surface area contributed by atoms with Crippen LogP contribution in [0, 0.1) is 5.41 Å². The van der Waals surface area contributed by atoms with Crippen LogP contribution in [-0.2, 0) is 14.2 Å². The molecule has 0 bridgehead atoms. The highest BCUT2D eigenvalue weighted by molar-refractivity contribution is 5.69. The molecule has 174 valence electrons. The third-order valence-corrected chi connectivity index (χ3v) is 7.52. The van der Waals surface area contributed by atoms with Gasteiger partial charge in [-0.15, -0.1) is 0 Å². The lowest BCUT2D eigenvalue weighted by Crippen LogP contribution is -2.53. The summed E-state index contributed by atoms with van der Waals surface area (Å²) < 4.78 is 15.5. The summed E-state index contributed by atoms with van der Waals surface area (Å²) in [6.07, 6.45) is 8.51.